The summed E-state index contributed by atoms with van der Waals surface area (Å²) in [5.74, 6) is 0.610. The van der Waals surface area contributed by atoms with Crippen LogP contribution >= 0.6 is 0 Å². The Morgan fingerprint density at radius 3 is 2.46 bits per heavy atom. The van der Waals surface area contributed by atoms with Crippen molar-refractivity contribution in [2.45, 2.75) is 6.92 Å². The van der Waals surface area contributed by atoms with Crippen molar-refractivity contribution >= 4 is 0 Å². The predicted molar refractivity (Wildman–Crippen MR) is 46.8 cm³/mol. The number of hydrogen-bond acceptors (Lipinski definition) is 4. The molecule has 0 unspecified atom stereocenters. The van der Waals surface area contributed by atoms with Crippen LogP contribution in [0.5, 0.6) is 0 Å². The maximum atomic E-state index is 4.24. The molecule has 2 aromatic rings. The number of nitrogens with zero attached hydrogens (tertiary/aromatic N) is 5. The fraction of sp³-hybridized carbons (Fsp3) is 0.250. The van der Waals surface area contributed by atoms with Gasteiger partial charge in [-0.1, -0.05) is 0 Å². The molecule has 0 aliphatic heterocycles. The summed E-state index contributed by atoms with van der Waals surface area (Å²) < 4.78 is 1.79. The van der Waals surface area contributed by atoms with Gasteiger partial charge in [-0.05, 0) is 13.0 Å². The summed E-state index contributed by atoms with van der Waals surface area (Å²) in [5.41, 5.74) is 1.86. The maximum Gasteiger partial charge on any atom is 0.183 e. The average Bonchev–Trinajstić information content (AvgIpc) is 2.49. The quantitative estimate of drug-likeness (QED) is 0.636. The molecule has 0 atom stereocenters. The van der Waals surface area contributed by atoms with Crippen LogP contribution in [0.25, 0.3) is 11.5 Å². The van der Waals surface area contributed by atoms with Gasteiger partial charge in [-0.15, -0.1) is 0 Å². The van der Waals surface area contributed by atoms with Crippen LogP contribution in [0.2, 0.25) is 0 Å². The third kappa shape index (κ3) is 1.40. The number of rotatable bonds is 1. The van der Waals surface area contributed by atoms with E-state index in [-0.39, 0.29) is 0 Å². The minimum atomic E-state index is 0.610. The van der Waals surface area contributed by atoms with Crippen molar-refractivity contribution in [3.05, 3.63) is 24.4 Å². The van der Waals surface area contributed by atoms with E-state index in [1.165, 1.54) is 12.7 Å². The van der Waals surface area contributed by atoms with Crippen molar-refractivity contribution in [2.24, 2.45) is 7.05 Å². The summed E-state index contributed by atoms with van der Waals surface area (Å²) in [5, 5.41) is 4.24. The molecule has 2 aromatic heterocycles. The smallest absolute Gasteiger partial charge is 0.183 e. The molecule has 0 aliphatic carbocycles. The lowest BCUT2D eigenvalue weighted by Gasteiger charge is -1.91. The molecule has 0 bridgehead atoms. The molecule has 2 rings (SSSR count). The van der Waals surface area contributed by atoms with Gasteiger partial charge in [0.05, 0.1) is 0 Å². The van der Waals surface area contributed by atoms with E-state index in [1.807, 2.05) is 20.0 Å². The molecule has 0 N–H and O–H groups in total. The zero-order chi connectivity index (χ0) is 9.26. The summed E-state index contributed by atoms with van der Waals surface area (Å²) in [6.45, 7) is 1.98. The highest BCUT2D eigenvalue weighted by Gasteiger charge is 2.05. The van der Waals surface area contributed by atoms with Crippen molar-refractivity contribution in [3.63, 3.8) is 0 Å². The molecule has 0 saturated heterocycles. The average molecular weight is 175 g/mol. The van der Waals surface area contributed by atoms with Crippen LogP contribution in [0.15, 0.2) is 18.7 Å². The van der Waals surface area contributed by atoms with Crippen molar-refractivity contribution in [1.82, 2.24) is 24.7 Å². The van der Waals surface area contributed by atoms with Gasteiger partial charge in [0.2, 0.25) is 0 Å². The highest BCUT2D eigenvalue weighted by atomic mass is 15.3. The lowest BCUT2D eigenvalue weighted by molar-refractivity contribution is 0.741. The highest BCUT2D eigenvalue weighted by Crippen LogP contribution is 2.11. The molecule has 0 radical (unpaired) electrons. The van der Waals surface area contributed by atoms with Crippen LogP contribution in [0.4, 0.5) is 0 Å². The van der Waals surface area contributed by atoms with E-state index in [0.29, 0.717) is 5.82 Å². The Bertz CT molecular complexity index is 386. The second kappa shape index (κ2) is 2.93. The third-order valence-electron chi connectivity index (χ3n) is 1.84. The first-order valence-electron chi connectivity index (χ1n) is 3.90. The fourth-order valence-corrected chi connectivity index (χ4v) is 1.04. The van der Waals surface area contributed by atoms with Crippen molar-refractivity contribution in [1.29, 1.82) is 0 Å². The molecular weight excluding hydrogens is 166 g/mol. The first kappa shape index (κ1) is 7.85. The molecule has 2 heterocycles. The summed E-state index contributed by atoms with van der Waals surface area (Å²) in [4.78, 5) is 11.8. The van der Waals surface area contributed by atoms with Crippen LogP contribution in [0, 0.1) is 6.92 Å². The van der Waals surface area contributed by atoms with Gasteiger partial charge >= 0.3 is 0 Å². The second-order valence-corrected chi connectivity index (χ2v) is 2.76. The lowest BCUT2D eigenvalue weighted by atomic mass is 10.3. The number of aromatic nitrogens is 5. The van der Waals surface area contributed by atoms with E-state index < -0.39 is 0 Å². The van der Waals surface area contributed by atoms with Crippen LogP contribution in [0.1, 0.15) is 5.69 Å². The topological polar surface area (TPSA) is 56.5 Å². The monoisotopic (exact) mass is 175 g/mol. The Kier molecular flexibility index (Phi) is 1.77. The van der Waals surface area contributed by atoms with E-state index in [9.17, 15) is 0 Å². The number of aryl methyl sites for hydroxylation is 2. The van der Waals surface area contributed by atoms with Crippen molar-refractivity contribution < 1.29 is 0 Å². The van der Waals surface area contributed by atoms with E-state index >= 15 is 0 Å². The molecule has 0 spiro atoms. The normalized spacial score (nSPS) is 10.3. The molecule has 13 heavy (non-hydrogen) atoms. The SMILES string of the molecule is Cc1cc(-c2ncncn2)nn1C. The van der Waals surface area contributed by atoms with Crippen molar-refractivity contribution in [3.8, 4) is 11.5 Å². The van der Waals surface area contributed by atoms with Gasteiger partial charge in [0.25, 0.3) is 0 Å². The Morgan fingerprint density at radius 2 is 1.92 bits per heavy atom. The summed E-state index contributed by atoms with van der Waals surface area (Å²) in [6, 6.07) is 1.94. The van der Waals surface area contributed by atoms with E-state index in [1.54, 1.807) is 4.68 Å². The van der Waals surface area contributed by atoms with E-state index in [0.717, 1.165) is 11.4 Å². The van der Waals surface area contributed by atoms with Gasteiger partial charge in [-0.3, -0.25) is 4.68 Å². The minimum absolute atomic E-state index is 0.610. The van der Waals surface area contributed by atoms with Gasteiger partial charge in [0.15, 0.2) is 5.82 Å². The predicted octanol–water partition coefficient (Wildman–Crippen LogP) is 0.581. The van der Waals surface area contributed by atoms with Gasteiger partial charge in [0.1, 0.15) is 18.3 Å². The third-order valence-corrected chi connectivity index (χ3v) is 1.84. The number of hydrogen-bond donors (Lipinski definition) is 0. The molecule has 5 heteroatoms. The van der Waals surface area contributed by atoms with Gasteiger partial charge in [-0.25, -0.2) is 15.0 Å². The molecule has 0 amide bonds. The molecular formula is C8H9N5. The molecule has 66 valence electrons. The largest absolute Gasteiger partial charge is 0.272 e. The summed E-state index contributed by atoms with van der Waals surface area (Å²) in [7, 11) is 1.89. The minimum Gasteiger partial charge on any atom is -0.272 e. The van der Waals surface area contributed by atoms with Crippen LogP contribution < -0.4 is 0 Å². The summed E-state index contributed by atoms with van der Waals surface area (Å²) >= 11 is 0. The molecule has 0 aliphatic rings. The Balaban J connectivity index is 2.48. The zero-order valence-corrected chi connectivity index (χ0v) is 7.47. The van der Waals surface area contributed by atoms with Crippen LogP contribution in [0.3, 0.4) is 0 Å². The molecule has 0 saturated carbocycles. The Labute approximate surface area is 75.5 Å². The standard InChI is InChI=1S/C8H9N5/c1-6-3-7(12-13(6)2)8-10-4-9-5-11-8/h3-5H,1-2H3. The summed E-state index contributed by atoms with van der Waals surface area (Å²) in [6.07, 6.45) is 2.93. The van der Waals surface area contributed by atoms with Crippen LogP contribution in [-0.4, -0.2) is 24.7 Å². The Hall–Kier alpha value is -1.78. The zero-order valence-electron chi connectivity index (χ0n) is 7.47. The molecule has 0 aromatic carbocycles. The molecule has 5 nitrogen and oxygen atoms in total. The van der Waals surface area contributed by atoms with Crippen molar-refractivity contribution in [2.75, 3.05) is 0 Å². The molecule has 0 fully saturated rings. The van der Waals surface area contributed by atoms with E-state index in [4.69, 9.17) is 0 Å². The van der Waals surface area contributed by atoms with Gasteiger partial charge < -0.3 is 0 Å². The van der Waals surface area contributed by atoms with Crippen LogP contribution in [-0.2, 0) is 7.05 Å². The van der Waals surface area contributed by atoms with Gasteiger partial charge in [0, 0.05) is 12.7 Å². The first-order valence-corrected chi connectivity index (χ1v) is 3.90. The Morgan fingerprint density at radius 1 is 1.23 bits per heavy atom. The lowest BCUT2D eigenvalue weighted by Crippen LogP contribution is -1.94. The fourth-order valence-electron chi connectivity index (χ4n) is 1.04. The highest BCUT2D eigenvalue weighted by molar-refractivity contribution is 5.48. The van der Waals surface area contributed by atoms with E-state index in [2.05, 4.69) is 20.1 Å². The maximum absolute atomic E-state index is 4.24. The second-order valence-electron chi connectivity index (χ2n) is 2.76. The van der Waals surface area contributed by atoms with Gasteiger partial charge in [-0.2, -0.15) is 5.10 Å². The first-order chi connectivity index (χ1) is 6.27.